The van der Waals surface area contributed by atoms with E-state index >= 15 is 0 Å². The molecular weight excluding hydrogens is 2180 g/mol. The van der Waals surface area contributed by atoms with Gasteiger partial charge in [0.15, 0.2) is 0 Å². The van der Waals surface area contributed by atoms with Crippen molar-refractivity contribution in [3.8, 4) is 118 Å². The number of aryl methyl sites for hydroxylation is 8. The second-order valence-electron chi connectivity index (χ2n) is 30.2. The van der Waals surface area contributed by atoms with Crippen molar-refractivity contribution in [2.75, 3.05) is 6.61 Å². The minimum absolute atomic E-state index is 0. The fourth-order valence-corrected chi connectivity index (χ4v) is 12.5. The molecule has 0 aliphatic rings. The molecule has 0 unspecified atom stereocenters. The Morgan fingerprint density at radius 1 is 0.312 bits per heavy atom. The van der Waals surface area contributed by atoms with Crippen LogP contribution < -0.4 is 4.65 Å². The van der Waals surface area contributed by atoms with Crippen LogP contribution in [-0.2, 0) is 71.4 Å². The predicted octanol–water partition coefficient (Wildman–Crippen LogP) is 25.3. The molecule has 6 aromatic heterocycles. The molecule has 5 radical (unpaired) electrons. The van der Waals surface area contributed by atoms with Gasteiger partial charge in [-0.05, 0) is 171 Å². The number of nitrogens with zero attached hydrogens (tertiary/aromatic N) is 9. The molecular formula is C109H100B2BrIr3N9O4-6. The monoisotopic (exact) mass is 2280 g/mol. The molecule has 0 amide bonds. The topological polar surface area (TPSA) is 175 Å². The van der Waals surface area contributed by atoms with Crippen LogP contribution in [0.2, 0.25) is 0 Å². The van der Waals surface area contributed by atoms with E-state index in [9.17, 15) is 0 Å². The molecule has 0 aliphatic heterocycles. The van der Waals surface area contributed by atoms with Crippen molar-refractivity contribution in [3.05, 3.63) is 432 Å². The minimum Gasteiger partial charge on any atom is -0.537 e. The summed E-state index contributed by atoms with van der Waals surface area (Å²) < 4.78 is 10.3. The largest absolute Gasteiger partial charge is 0.569 e. The zero-order chi connectivity index (χ0) is 88.5. The smallest absolute Gasteiger partial charge is 0.537 e. The molecule has 2 N–H and O–H groups in total. The molecule has 128 heavy (non-hydrogen) atoms. The van der Waals surface area contributed by atoms with E-state index in [1.807, 2.05) is 212 Å². The number of rotatable bonds is 17. The van der Waals surface area contributed by atoms with E-state index in [4.69, 9.17) is 14.7 Å². The van der Waals surface area contributed by atoms with Gasteiger partial charge in [-0.1, -0.05) is 199 Å². The number of pyridine rings is 3. The van der Waals surface area contributed by atoms with Crippen LogP contribution in [0, 0.1) is 104 Å². The number of benzene rings is 11. The summed E-state index contributed by atoms with van der Waals surface area (Å²) >= 11 is 3.41. The fraction of sp³-hybridized carbons (Fsp3) is 0.147. The Bertz CT molecular complexity index is 5570. The molecule has 0 saturated heterocycles. The van der Waals surface area contributed by atoms with Gasteiger partial charge in [-0.2, -0.15) is 0 Å². The number of para-hydroxylation sites is 1. The van der Waals surface area contributed by atoms with Gasteiger partial charge in [0.25, 0.3) is 0 Å². The molecule has 19 heteroatoms. The van der Waals surface area contributed by atoms with Gasteiger partial charge in [-0.3, -0.25) is 29.9 Å². The van der Waals surface area contributed by atoms with E-state index in [1.54, 1.807) is 12.3 Å². The van der Waals surface area contributed by atoms with E-state index in [-0.39, 0.29) is 60.3 Å². The van der Waals surface area contributed by atoms with Crippen LogP contribution in [0.25, 0.3) is 112 Å². The van der Waals surface area contributed by atoms with Crippen molar-refractivity contribution in [1.82, 2.24) is 44.9 Å². The summed E-state index contributed by atoms with van der Waals surface area (Å²) in [6.45, 7) is 25.4. The van der Waals surface area contributed by atoms with Gasteiger partial charge < -0.3 is 34.3 Å². The van der Waals surface area contributed by atoms with Gasteiger partial charge in [0, 0.05) is 127 Å². The molecule has 0 saturated carbocycles. The Morgan fingerprint density at radius 3 is 1.02 bits per heavy atom. The first-order chi connectivity index (χ1) is 60.7. The number of halogens is 1. The van der Waals surface area contributed by atoms with Crippen molar-refractivity contribution in [3.63, 3.8) is 0 Å². The first kappa shape index (κ1) is 103. The van der Waals surface area contributed by atoms with Crippen LogP contribution in [0.4, 0.5) is 0 Å². The van der Waals surface area contributed by atoms with Crippen LogP contribution in [0.15, 0.2) is 345 Å². The summed E-state index contributed by atoms with van der Waals surface area (Å²) in [5.74, 6) is 3.99. The Labute approximate surface area is 806 Å². The minimum atomic E-state index is 0. The van der Waals surface area contributed by atoms with Crippen molar-refractivity contribution >= 4 is 31.3 Å². The van der Waals surface area contributed by atoms with E-state index < -0.39 is 0 Å². The summed E-state index contributed by atoms with van der Waals surface area (Å²) in [6.07, 6.45) is 17.6. The Kier molecular flexibility index (Phi) is 45.1. The maximum Gasteiger partial charge on any atom is 0.569 e. The van der Waals surface area contributed by atoms with Crippen LogP contribution >= 0.6 is 15.9 Å². The van der Waals surface area contributed by atoms with E-state index in [1.165, 1.54) is 55.6 Å². The third-order valence-corrected chi connectivity index (χ3v) is 19.3. The molecule has 11 aromatic carbocycles. The summed E-state index contributed by atoms with van der Waals surface area (Å²) in [4.78, 5) is 39.2. The molecule has 0 bridgehead atoms. The molecule has 13 nitrogen and oxygen atoms in total. The van der Waals surface area contributed by atoms with Crippen LogP contribution in [0.5, 0.6) is 5.75 Å². The summed E-state index contributed by atoms with van der Waals surface area (Å²) in [7, 11) is 1.41. The van der Waals surface area contributed by atoms with Crippen LogP contribution in [0.1, 0.15) is 77.8 Å². The molecule has 17 aromatic rings. The molecule has 0 spiro atoms. The zero-order valence-corrected chi connectivity index (χ0v) is 82.4. The zero-order valence-electron chi connectivity index (χ0n) is 73.7. The Hall–Kier alpha value is -11.7. The van der Waals surface area contributed by atoms with Gasteiger partial charge in [-0.15, -0.1) is 214 Å². The predicted molar refractivity (Wildman–Crippen MR) is 514 cm³/mol. The van der Waals surface area contributed by atoms with E-state index in [0.29, 0.717) is 49.4 Å². The molecule has 0 aliphatic carbocycles. The standard InChI is InChI=1S/3C18H15N2.C18H14N.C15H16N.C11H7BrN.C7H8BO2.C4H10BO2.3Ir/c3*1-13-6-8-15(9-7-13)16-4-3-5-17(10-16)18-19-11-14(2)12-20-18;1-14-7-5-6-10-17(14)16-11-12-19-18(13-16)15-8-3-2-4-9-15;1-12(2)10-13-8-9-16-15(11-13)14-6-4-3-5-7-14;12-10-6-7-13-11(8-10)9-4-2-1-3-5-9;1-6-4-2-3-5-7(6)10-8-9;1-4(2)3-7-5-6;;;/h3*3-4,6-12H,1-2H3;2-8,10-13H,1H3;3-6,8-9,11-12H,10H2,1-2H3;1-4,6-8H;2-5,9H,1H3;4,6H,3H2,1-2H3;;;/q6*-1;;;;;. The van der Waals surface area contributed by atoms with Gasteiger partial charge in [-0.25, -0.2) is 0 Å². The van der Waals surface area contributed by atoms with E-state index in [0.717, 1.165) is 108 Å². The van der Waals surface area contributed by atoms with Gasteiger partial charge >= 0.3 is 15.4 Å². The normalized spacial score (nSPS) is 10.0. The van der Waals surface area contributed by atoms with Gasteiger partial charge in [0.1, 0.15) is 5.75 Å². The fourth-order valence-electron chi connectivity index (χ4n) is 12.2. The Balaban J connectivity index is 0.000000203. The maximum absolute atomic E-state index is 8.30. The van der Waals surface area contributed by atoms with Gasteiger partial charge in [0.05, 0.1) is 17.5 Å². The summed E-state index contributed by atoms with van der Waals surface area (Å²) in [5.41, 5.74) is 28.9. The molecule has 17 rings (SSSR count). The number of hydrogen-bond donors (Lipinski definition) is 2. The Morgan fingerprint density at radius 2 is 0.672 bits per heavy atom. The second-order valence-corrected chi connectivity index (χ2v) is 31.1. The molecule has 0 fully saturated rings. The van der Waals surface area contributed by atoms with E-state index in [2.05, 4.69) is 301 Å². The van der Waals surface area contributed by atoms with Crippen molar-refractivity contribution < 1.29 is 79.7 Å². The van der Waals surface area contributed by atoms with Crippen LogP contribution in [0.3, 0.4) is 0 Å². The number of aromatic nitrogens is 9. The number of hydrogen-bond acceptors (Lipinski definition) is 13. The average Bonchev–Trinajstić information content (AvgIpc) is 0.834. The quantitative estimate of drug-likeness (QED) is 0.0651. The van der Waals surface area contributed by atoms with Crippen molar-refractivity contribution in [2.24, 2.45) is 11.8 Å². The van der Waals surface area contributed by atoms with Crippen molar-refractivity contribution in [2.45, 2.75) is 89.5 Å². The van der Waals surface area contributed by atoms with Crippen molar-refractivity contribution in [1.29, 1.82) is 0 Å². The SMILES string of the molecule is Brc1ccnc(-c2[c-]cccc2)c1.CC(C)CO[B]O.CC(C)Cc1ccnc(-c2[c-]cccc2)c1.Cc1ccc(-c2cc[c-]c(-c3ncc(C)cn3)c2)cc1.Cc1ccc(-c2cc[c-]c(-c3ncc(C)cn3)c2)cc1.Cc1ccc(-c2cc[c-]c(-c3ncc(C)cn3)c2)cc1.Cc1ccccc1-c1ccnc(-c2[c-]cccc2)c1.Cc1ccccc1O[B]O.[Ir].[Ir].[Ir]. The first-order valence-corrected chi connectivity index (χ1v) is 41.9. The second kappa shape index (κ2) is 55.8. The summed E-state index contributed by atoms with van der Waals surface area (Å²) in [5, 5.41) is 16.3. The third-order valence-electron chi connectivity index (χ3n) is 18.8. The average molecular weight is 2280 g/mol. The maximum atomic E-state index is 8.30. The summed E-state index contributed by atoms with van der Waals surface area (Å²) in [6, 6.07) is 115. The third kappa shape index (κ3) is 34.8. The first-order valence-electron chi connectivity index (χ1n) is 41.1. The molecule has 6 heterocycles. The van der Waals surface area contributed by atoms with Gasteiger partial charge in [0.2, 0.25) is 0 Å². The van der Waals surface area contributed by atoms with Crippen LogP contribution in [-0.4, -0.2) is 76.9 Å². The molecule has 651 valence electrons. The molecule has 0 atom stereocenters.